The normalized spacial score (nSPS) is 22.9. The average molecular weight is 276 g/mol. The number of oxime groups is 1. The lowest BCUT2D eigenvalue weighted by atomic mass is 10.1. The van der Waals surface area contributed by atoms with Gasteiger partial charge in [0.05, 0.1) is 11.7 Å². The van der Waals surface area contributed by atoms with Gasteiger partial charge in [0.2, 0.25) is 0 Å². The number of nitrogens with zero attached hydrogens (tertiary/aromatic N) is 3. The summed E-state index contributed by atoms with van der Waals surface area (Å²) in [6, 6.07) is 1.99. The van der Waals surface area contributed by atoms with Crippen molar-refractivity contribution in [3.63, 3.8) is 0 Å². The van der Waals surface area contributed by atoms with E-state index in [-0.39, 0.29) is 11.9 Å². The van der Waals surface area contributed by atoms with Gasteiger partial charge in [0, 0.05) is 18.8 Å². The molecule has 0 aromatic carbocycles. The van der Waals surface area contributed by atoms with Crippen molar-refractivity contribution < 1.29 is 10.3 Å². The Hall–Kier alpha value is -1.82. The first-order chi connectivity index (χ1) is 9.69. The number of hydrogen-bond donors (Lipinski definition) is 3. The highest BCUT2D eigenvalue weighted by atomic mass is 16.4. The number of aliphatic hydroxyl groups is 1. The Labute approximate surface area is 117 Å². The third-order valence-corrected chi connectivity index (χ3v) is 4.11. The van der Waals surface area contributed by atoms with Crippen LogP contribution in [-0.4, -0.2) is 40.3 Å². The number of anilines is 1. The SMILES string of the molecule is NC(=NO)c1cc2c(nc1N1CCCC(O)C1)CCC2. The molecule has 3 rings (SSSR count). The monoisotopic (exact) mass is 276 g/mol. The zero-order chi connectivity index (χ0) is 14.1. The van der Waals surface area contributed by atoms with Crippen LogP contribution in [0.25, 0.3) is 0 Å². The molecule has 2 heterocycles. The van der Waals surface area contributed by atoms with Gasteiger partial charge in [-0.05, 0) is 43.7 Å². The maximum Gasteiger partial charge on any atom is 0.173 e. The van der Waals surface area contributed by atoms with Crippen LogP contribution in [0.3, 0.4) is 0 Å². The molecule has 0 radical (unpaired) electrons. The van der Waals surface area contributed by atoms with Crippen molar-refractivity contribution in [2.24, 2.45) is 10.9 Å². The summed E-state index contributed by atoms with van der Waals surface area (Å²) >= 11 is 0. The molecule has 1 atom stereocenters. The highest BCUT2D eigenvalue weighted by Gasteiger charge is 2.25. The van der Waals surface area contributed by atoms with Crippen LogP contribution in [0.5, 0.6) is 0 Å². The van der Waals surface area contributed by atoms with E-state index >= 15 is 0 Å². The van der Waals surface area contributed by atoms with Gasteiger partial charge in [-0.3, -0.25) is 0 Å². The van der Waals surface area contributed by atoms with Crippen LogP contribution >= 0.6 is 0 Å². The smallest absolute Gasteiger partial charge is 0.173 e. The van der Waals surface area contributed by atoms with Gasteiger partial charge in [-0.25, -0.2) is 4.98 Å². The molecule has 1 aliphatic heterocycles. The highest BCUT2D eigenvalue weighted by molar-refractivity contribution is 6.01. The fraction of sp³-hybridized carbons (Fsp3) is 0.571. The standard InChI is InChI=1S/C14H20N4O2/c15-13(17-20)11-7-9-3-1-5-12(9)16-14(11)18-6-2-4-10(19)8-18/h7,10,19-20H,1-6,8H2,(H2,15,17). The second kappa shape index (κ2) is 5.28. The first kappa shape index (κ1) is 13.2. The minimum atomic E-state index is -0.334. The lowest BCUT2D eigenvalue weighted by molar-refractivity contribution is 0.154. The molecule has 4 N–H and O–H groups in total. The second-order valence-corrected chi connectivity index (χ2v) is 5.55. The Morgan fingerprint density at radius 2 is 2.25 bits per heavy atom. The number of aliphatic hydroxyl groups excluding tert-OH is 1. The van der Waals surface area contributed by atoms with Crippen LogP contribution in [0.15, 0.2) is 11.2 Å². The van der Waals surface area contributed by atoms with Crippen molar-refractivity contribution in [1.82, 2.24) is 4.98 Å². The first-order valence-electron chi connectivity index (χ1n) is 7.12. The highest BCUT2D eigenvalue weighted by Crippen LogP contribution is 2.29. The lowest BCUT2D eigenvalue weighted by Crippen LogP contribution is -2.40. The van der Waals surface area contributed by atoms with Crippen LogP contribution < -0.4 is 10.6 Å². The number of amidine groups is 1. The fourth-order valence-electron chi connectivity index (χ4n) is 3.09. The van der Waals surface area contributed by atoms with E-state index in [1.807, 2.05) is 11.0 Å². The Kier molecular flexibility index (Phi) is 3.48. The molecule has 0 saturated carbocycles. The maximum absolute atomic E-state index is 9.84. The largest absolute Gasteiger partial charge is 0.409 e. The van der Waals surface area contributed by atoms with Gasteiger partial charge in [-0.1, -0.05) is 5.16 Å². The van der Waals surface area contributed by atoms with Crippen LogP contribution in [0.2, 0.25) is 0 Å². The molecule has 6 nitrogen and oxygen atoms in total. The van der Waals surface area contributed by atoms with E-state index in [0.717, 1.165) is 50.2 Å². The minimum Gasteiger partial charge on any atom is -0.409 e. The van der Waals surface area contributed by atoms with Crippen LogP contribution in [0, 0.1) is 0 Å². The molecule has 20 heavy (non-hydrogen) atoms. The number of piperidine rings is 1. The summed E-state index contributed by atoms with van der Waals surface area (Å²) in [5.74, 6) is 0.821. The number of nitrogens with two attached hydrogens (primary N) is 1. The summed E-state index contributed by atoms with van der Waals surface area (Å²) in [6.45, 7) is 1.39. The van der Waals surface area contributed by atoms with E-state index in [9.17, 15) is 5.11 Å². The number of rotatable bonds is 2. The van der Waals surface area contributed by atoms with E-state index in [1.54, 1.807) is 0 Å². The summed E-state index contributed by atoms with van der Waals surface area (Å²) in [5.41, 5.74) is 8.76. The Balaban J connectivity index is 2.03. The number of hydrogen-bond acceptors (Lipinski definition) is 5. The van der Waals surface area contributed by atoms with Crippen molar-refractivity contribution in [2.75, 3.05) is 18.0 Å². The molecule has 1 saturated heterocycles. The van der Waals surface area contributed by atoms with Crippen molar-refractivity contribution >= 4 is 11.7 Å². The molecule has 1 unspecified atom stereocenters. The molecule has 1 aromatic heterocycles. The molecular formula is C14H20N4O2. The summed E-state index contributed by atoms with van der Waals surface area (Å²) in [6.07, 6.45) is 4.49. The Morgan fingerprint density at radius 3 is 3.00 bits per heavy atom. The first-order valence-corrected chi connectivity index (χ1v) is 7.12. The number of aromatic nitrogens is 1. The lowest BCUT2D eigenvalue weighted by Gasteiger charge is -2.32. The summed E-state index contributed by atoms with van der Waals surface area (Å²) in [5, 5.41) is 21.9. The number of β-amino-alcohol motifs (C(OH)–C–C–N with tert-alkyl or cyclic N) is 1. The van der Waals surface area contributed by atoms with Crippen molar-refractivity contribution in [3.8, 4) is 0 Å². The predicted molar refractivity (Wildman–Crippen MR) is 76.2 cm³/mol. The van der Waals surface area contributed by atoms with Crippen molar-refractivity contribution in [2.45, 2.75) is 38.2 Å². The molecule has 1 aliphatic carbocycles. The topological polar surface area (TPSA) is 95.0 Å². The van der Waals surface area contributed by atoms with E-state index in [4.69, 9.17) is 15.9 Å². The van der Waals surface area contributed by atoms with Crippen LogP contribution in [-0.2, 0) is 12.8 Å². The number of pyridine rings is 1. The quantitative estimate of drug-likeness (QED) is 0.319. The summed E-state index contributed by atoms with van der Waals surface area (Å²) in [7, 11) is 0. The third-order valence-electron chi connectivity index (χ3n) is 4.11. The number of aryl methyl sites for hydroxylation is 2. The third kappa shape index (κ3) is 2.31. The molecule has 2 aliphatic rings. The molecule has 1 aromatic rings. The average Bonchev–Trinajstić information content (AvgIpc) is 2.92. The van der Waals surface area contributed by atoms with Crippen LogP contribution in [0.1, 0.15) is 36.1 Å². The zero-order valence-electron chi connectivity index (χ0n) is 11.4. The van der Waals surface area contributed by atoms with E-state index in [2.05, 4.69) is 5.16 Å². The van der Waals surface area contributed by atoms with Gasteiger partial charge in [0.1, 0.15) is 5.82 Å². The molecule has 0 spiro atoms. The zero-order valence-corrected chi connectivity index (χ0v) is 11.4. The molecule has 0 bridgehead atoms. The van der Waals surface area contributed by atoms with Gasteiger partial charge < -0.3 is 20.9 Å². The van der Waals surface area contributed by atoms with Crippen molar-refractivity contribution in [3.05, 3.63) is 22.9 Å². The van der Waals surface area contributed by atoms with E-state index in [1.165, 1.54) is 5.56 Å². The van der Waals surface area contributed by atoms with Gasteiger partial charge in [0.25, 0.3) is 0 Å². The van der Waals surface area contributed by atoms with Gasteiger partial charge >= 0.3 is 0 Å². The maximum atomic E-state index is 9.84. The Bertz CT molecular complexity index is 544. The van der Waals surface area contributed by atoms with E-state index in [0.29, 0.717) is 12.1 Å². The summed E-state index contributed by atoms with van der Waals surface area (Å²) in [4.78, 5) is 6.77. The minimum absolute atomic E-state index is 0.0854. The molecule has 6 heteroatoms. The molecule has 108 valence electrons. The second-order valence-electron chi connectivity index (χ2n) is 5.55. The van der Waals surface area contributed by atoms with Crippen LogP contribution in [0.4, 0.5) is 5.82 Å². The van der Waals surface area contributed by atoms with Gasteiger partial charge in [0.15, 0.2) is 5.84 Å². The molecule has 0 amide bonds. The summed E-state index contributed by atoms with van der Waals surface area (Å²) < 4.78 is 0. The predicted octanol–water partition coefficient (Wildman–Crippen LogP) is 0.626. The fourth-order valence-corrected chi connectivity index (χ4v) is 3.09. The molecular weight excluding hydrogens is 256 g/mol. The van der Waals surface area contributed by atoms with E-state index < -0.39 is 0 Å². The van der Waals surface area contributed by atoms with Crippen molar-refractivity contribution in [1.29, 1.82) is 0 Å². The van der Waals surface area contributed by atoms with Gasteiger partial charge in [-0.15, -0.1) is 0 Å². The molecule has 1 fully saturated rings. The number of fused-ring (bicyclic) bond motifs is 1. The van der Waals surface area contributed by atoms with Gasteiger partial charge in [-0.2, -0.15) is 0 Å². The Morgan fingerprint density at radius 1 is 1.40 bits per heavy atom.